The van der Waals surface area contributed by atoms with E-state index < -0.39 is 5.60 Å². The maximum Gasteiger partial charge on any atom is 0.256 e. The summed E-state index contributed by atoms with van der Waals surface area (Å²) in [7, 11) is 0. The van der Waals surface area contributed by atoms with E-state index in [1.807, 2.05) is 50.2 Å². The molecule has 0 fully saturated rings. The Labute approximate surface area is 163 Å². The van der Waals surface area contributed by atoms with Crippen molar-refractivity contribution in [1.82, 2.24) is 0 Å². The summed E-state index contributed by atoms with van der Waals surface area (Å²) in [5.74, 6) is 1.20. The average Bonchev–Trinajstić information content (AvgIpc) is 2.65. The van der Waals surface area contributed by atoms with Crippen LogP contribution >= 0.6 is 0 Å². The highest BCUT2D eigenvalue weighted by molar-refractivity contribution is 6.06. The van der Waals surface area contributed by atoms with Crippen molar-refractivity contribution in [3.63, 3.8) is 0 Å². The van der Waals surface area contributed by atoms with Gasteiger partial charge in [-0.25, -0.2) is 0 Å². The number of benzene rings is 2. The largest absolute Gasteiger partial charge is 0.493 e. The van der Waals surface area contributed by atoms with Crippen LogP contribution in [0.4, 0.5) is 5.69 Å². The smallest absolute Gasteiger partial charge is 0.256 e. The highest BCUT2D eigenvalue weighted by Crippen LogP contribution is 2.33. The average molecular weight is 372 g/mol. The topological polar surface area (TPSA) is 47.6 Å². The first-order valence-electron chi connectivity index (χ1n) is 10.0. The number of hydrogen-bond donors (Lipinski definition) is 1. The van der Waals surface area contributed by atoms with Gasteiger partial charge in [-0.15, -0.1) is 0 Å². The first-order valence-corrected chi connectivity index (χ1v) is 10.0. The van der Waals surface area contributed by atoms with Gasteiger partial charge in [0.05, 0.1) is 6.61 Å². The summed E-state index contributed by atoms with van der Waals surface area (Å²) in [5, 5.41) is 5.07. The second-order valence-electron chi connectivity index (χ2n) is 7.65. The summed E-state index contributed by atoms with van der Waals surface area (Å²) in [6, 6.07) is 11.9. The van der Waals surface area contributed by atoms with Crippen LogP contribution < -0.4 is 10.1 Å². The molecule has 4 nitrogen and oxygen atoms in total. The van der Waals surface area contributed by atoms with E-state index in [1.165, 1.54) is 0 Å². The van der Waals surface area contributed by atoms with E-state index in [-0.39, 0.29) is 5.91 Å². The Kier molecular flexibility index (Phi) is 7.66. The van der Waals surface area contributed by atoms with Crippen LogP contribution in [-0.4, -0.2) is 24.7 Å². The predicted molar refractivity (Wildman–Crippen MR) is 112 cm³/mol. The van der Waals surface area contributed by atoms with Crippen molar-refractivity contribution in [1.29, 1.82) is 0 Å². The van der Waals surface area contributed by atoms with Crippen molar-refractivity contribution in [3.05, 3.63) is 36.4 Å². The Hall–Kier alpha value is -2.07. The van der Waals surface area contributed by atoms with Gasteiger partial charge >= 0.3 is 0 Å². The molecule has 0 spiro atoms. The molecule has 0 aliphatic heterocycles. The van der Waals surface area contributed by atoms with Crippen LogP contribution in [0, 0.1) is 5.92 Å². The fourth-order valence-corrected chi connectivity index (χ4v) is 3.07. The molecule has 2 aromatic carbocycles. The molecule has 0 saturated carbocycles. The molecular formula is C23H33NO3. The molecular weight excluding hydrogens is 338 g/mol. The van der Waals surface area contributed by atoms with Crippen LogP contribution in [0.5, 0.6) is 5.75 Å². The van der Waals surface area contributed by atoms with E-state index in [0.717, 1.165) is 35.1 Å². The summed E-state index contributed by atoms with van der Waals surface area (Å²) in [4.78, 5) is 13.0. The van der Waals surface area contributed by atoms with Gasteiger partial charge in [-0.3, -0.25) is 4.79 Å². The molecule has 2 aromatic rings. The number of hydrogen-bond acceptors (Lipinski definition) is 3. The quantitative estimate of drug-likeness (QED) is 0.574. The monoisotopic (exact) mass is 371 g/mol. The molecule has 0 aromatic heterocycles. The lowest BCUT2D eigenvalue weighted by Crippen LogP contribution is -2.43. The van der Waals surface area contributed by atoms with Gasteiger partial charge in [0.1, 0.15) is 11.4 Å². The fraction of sp³-hybridized carbons (Fsp3) is 0.522. The van der Waals surface area contributed by atoms with E-state index in [1.54, 1.807) is 0 Å². The van der Waals surface area contributed by atoms with E-state index in [0.29, 0.717) is 25.6 Å². The second kappa shape index (κ2) is 9.75. The molecule has 148 valence electrons. The Balaban J connectivity index is 2.30. The number of carbonyl (C=O) groups is 1. The zero-order valence-corrected chi connectivity index (χ0v) is 17.3. The third-order valence-corrected chi connectivity index (χ3v) is 4.54. The molecule has 4 heteroatoms. The van der Waals surface area contributed by atoms with Crippen molar-refractivity contribution >= 4 is 22.4 Å². The van der Waals surface area contributed by atoms with Crippen LogP contribution in [0.3, 0.4) is 0 Å². The van der Waals surface area contributed by atoms with Crippen LogP contribution in [0.2, 0.25) is 0 Å². The minimum Gasteiger partial charge on any atom is -0.493 e. The number of nitrogens with one attached hydrogen (secondary N) is 1. The van der Waals surface area contributed by atoms with Crippen LogP contribution in [0.25, 0.3) is 10.8 Å². The molecule has 0 aliphatic carbocycles. The number of ether oxygens (including phenoxy) is 2. The highest BCUT2D eigenvalue weighted by atomic mass is 16.5. The molecule has 0 saturated heterocycles. The van der Waals surface area contributed by atoms with Gasteiger partial charge in [0.25, 0.3) is 5.91 Å². The fourth-order valence-electron chi connectivity index (χ4n) is 3.07. The Morgan fingerprint density at radius 1 is 1.07 bits per heavy atom. The maximum absolute atomic E-state index is 13.0. The molecule has 1 amide bonds. The third-order valence-electron chi connectivity index (χ3n) is 4.54. The molecule has 27 heavy (non-hydrogen) atoms. The number of rotatable bonds is 10. The Morgan fingerprint density at radius 2 is 1.78 bits per heavy atom. The van der Waals surface area contributed by atoms with Gasteiger partial charge in [-0.05, 0) is 37.8 Å². The molecule has 0 aliphatic rings. The summed E-state index contributed by atoms with van der Waals surface area (Å²) in [5.41, 5.74) is -0.0338. The molecule has 0 heterocycles. The molecule has 0 bridgehead atoms. The second-order valence-corrected chi connectivity index (χ2v) is 7.65. The normalized spacial score (nSPS) is 13.6. The van der Waals surface area contributed by atoms with E-state index in [4.69, 9.17) is 9.47 Å². The van der Waals surface area contributed by atoms with Crippen LogP contribution in [0.1, 0.15) is 53.9 Å². The predicted octanol–water partition coefficient (Wildman–Crippen LogP) is 5.80. The van der Waals surface area contributed by atoms with Gasteiger partial charge in [0, 0.05) is 23.1 Å². The summed E-state index contributed by atoms with van der Waals surface area (Å²) in [6.45, 7) is 11.5. The first-order chi connectivity index (χ1) is 12.9. The number of carbonyl (C=O) groups excluding carboxylic acids is 1. The summed E-state index contributed by atoms with van der Waals surface area (Å²) in [6.07, 6.45) is 2.46. The summed E-state index contributed by atoms with van der Waals surface area (Å²) < 4.78 is 11.9. The minimum absolute atomic E-state index is 0.0983. The highest BCUT2D eigenvalue weighted by Gasteiger charge is 2.33. The molecule has 2 rings (SSSR count). The number of fused-ring (bicyclic) bond motifs is 1. The van der Waals surface area contributed by atoms with Crippen molar-refractivity contribution in [2.24, 2.45) is 5.92 Å². The summed E-state index contributed by atoms with van der Waals surface area (Å²) >= 11 is 0. The van der Waals surface area contributed by atoms with Crippen molar-refractivity contribution in [3.8, 4) is 5.75 Å². The lowest BCUT2D eigenvalue weighted by molar-refractivity contribution is -0.140. The van der Waals surface area contributed by atoms with Crippen molar-refractivity contribution < 1.29 is 14.3 Å². The Bertz CT molecular complexity index is 756. The number of amides is 1. The molecule has 1 atom stereocenters. The van der Waals surface area contributed by atoms with Crippen molar-refractivity contribution in [2.75, 3.05) is 18.5 Å². The molecule has 0 radical (unpaired) electrons. The minimum atomic E-state index is -0.821. The molecule has 0 unspecified atom stereocenters. The standard InChI is InChI=1S/C23H33NO3/c1-6-14-23(5,27-15-7-2)22(25)24-20-12-13-21(26-16-17(3)4)19-11-9-8-10-18(19)20/h8-13,17H,6-7,14-16H2,1-5H3,(H,24,25)/t23-/m1/s1. The van der Waals surface area contributed by atoms with Crippen LogP contribution in [0.15, 0.2) is 36.4 Å². The zero-order chi connectivity index (χ0) is 19.9. The Morgan fingerprint density at radius 3 is 2.41 bits per heavy atom. The van der Waals surface area contributed by atoms with Gasteiger partial charge in [-0.2, -0.15) is 0 Å². The van der Waals surface area contributed by atoms with Gasteiger partial charge in [0.2, 0.25) is 0 Å². The van der Waals surface area contributed by atoms with Crippen LogP contribution in [-0.2, 0) is 9.53 Å². The maximum atomic E-state index is 13.0. The van der Waals surface area contributed by atoms with Crippen molar-refractivity contribution in [2.45, 2.75) is 59.5 Å². The zero-order valence-electron chi connectivity index (χ0n) is 17.3. The van der Waals surface area contributed by atoms with E-state index >= 15 is 0 Å². The van der Waals surface area contributed by atoms with E-state index in [9.17, 15) is 4.79 Å². The van der Waals surface area contributed by atoms with Gasteiger partial charge < -0.3 is 14.8 Å². The van der Waals surface area contributed by atoms with Gasteiger partial charge in [-0.1, -0.05) is 58.4 Å². The van der Waals surface area contributed by atoms with Gasteiger partial charge in [0.15, 0.2) is 0 Å². The first kappa shape index (κ1) is 21.2. The molecule has 1 N–H and O–H groups in total. The number of anilines is 1. The lowest BCUT2D eigenvalue weighted by atomic mass is 9.98. The van der Waals surface area contributed by atoms with E-state index in [2.05, 4.69) is 26.1 Å². The third kappa shape index (κ3) is 5.46. The SMILES string of the molecule is CCCO[C@](C)(CCC)C(=O)Nc1ccc(OCC(C)C)c2ccccc12. The lowest BCUT2D eigenvalue weighted by Gasteiger charge is -2.28.